The molecule has 1 aromatic heterocycles. The van der Waals surface area contributed by atoms with Gasteiger partial charge < -0.3 is 19.4 Å². The molecule has 1 aliphatic rings. The summed E-state index contributed by atoms with van der Waals surface area (Å²) in [5.41, 5.74) is 1.86. The molecule has 0 spiro atoms. The summed E-state index contributed by atoms with van der Waals surface area (Å²) in [6, 6.07) is 2.75. The zero-order chi connectivity index (χ0) is 21.8. The van der Waals surface area contributed by atoms with Crippen molar-refractivity contribution in [3.8, 4) is 11.5 Å². The van der Waals surface area contributed by atoms with Gasteiger partial charge in [0.05, 0.1) is 35.7 Å². The van der Waals surface area contributed by atoms with Crippen LogP contribution in [0.2, 0.25) is 0 Å². The Labute approximate surface area is 179 Å². The summed E-state index contributed by atoms with van der Waals surface area (Å²) in [5.74, 6) is 0.870. The molecule has 0 saturated heterocycles. The maximum Gasteiger partial charge on any atom is 0.296 e. The van der Waals surface area contributed by atoms with Crippen molar-refractivity contribution in [3.05, 3.63) is 33.6 Å². The number of thioether (sulfide) groups is 1. The average Bonchev–Trinajstić information content (AvgIpc) is 2.85. The van der Waals surface area contributed by atoms with E-state index in [4.69, 9.17) is 9.47 Å². The van der Waals surface area contributed by atoms with Crippen LogP contribution in [0.25, 0.3) is 0 Å². The lowest BCUT2D eigenvalue weighted by molar-refractivity contribution is -0.384. The van der Waals surface area contributed by atoms with Gasteiger partial charge in [0.2, 0.25) is 5.91 Å². The molecular weight excluding hydrogens is 408 g/mol. The molecule has 0 unspecified atom stereocenters. The quantitative estimate of drug-likeness (QED) is 0.399. The van der Waals surface area contributed by atoms with E-state index in [9.17, 15) is 14.9 Å². The van der Waals surface area contributed by atoms with Crippen molar-refractivity contribution >= 4 is 29.0 Å². The van der Waals surface area contributed by atoms with Crippen molar-refractivity contribution < 1.29 is 19.2 Å². The number of hydrogen-bond acceptors (Lipinski definition) is 7. The summed E-state index contributed by atoms with van der Waals surface area (Å²) in [6.45, 7) is 9.88. The van der Waals surface area contributed by atoms with E-state index >= 15 is 0 Å². The number of imidazole rings is 1. The van der Waals surface area contributed by atoms with Crippen molar-refractivity contribution in [2.24, 2.45) is 5.92 Å². The minimum atomic E-state index is -0.542. The number of nitro benzene ring substituents is 1. The second-order valence-electron chi connectivity index (χ2n) is 7.53. The van der Waals surface area contributed by atoms with Gasteiger partial charge in [-0.05, 0) is 19.8 Å². The van der Waals surface area contributed by atoms with Gasteiger partial charge >= 0.3 is 0 Å². The van der Waals surface area contributed by atoms with Gasteiger partial charge in [-0.1, -0.05) is 25.6 Å². The number of nitrogens with one attached hydrogen (secondary N) is 1. The zero-order valence-corrected chi connectivity index (χ0v) is 18.4. The summed E-state index contributed by atoms with van der Waals surface area (Å²) in [6.07, 6.45) is 0.683. The van der Waals surface area contributed by atoms with E-state index in [1.165, 1.54) is 23.9 Å². The van der Waals surface area contributed by atoms with E-state index in [0.29, 0.717) is 37.1 Å². The maximum absolute atomic E-state index is 12.6. The van der Waals surface area contributed by atoms with Gasteiger partial charge in [-0.3, -0.25) is 14.9 Å². The van der Waals surface area contributed by atoms with Gasteiger partial charge in [0.15, 0.2) is 16.7 Å². The highest BCUT2D eigenvalue weighted by Gasteiger charge is 2.23. The van der Waals surface area contributed by atoms with Crippen molar-refractivity contribution in [1.29, 1.82) is 0 Å². The molecule has 1 N–H and O–H groups in total. The van der Waals surface area contributed by atoms with Gasteiger partial charge in [-0.15, -0.1) is 0 Å². The third-order valence-corrected chi connectivity index (χ3v) is 5.62. The first-order valence-corrected chi connectivity index (χ1v) is 10.8. The Morgan fingerprint density at radius 2 is 1.97 bits per heavy atom. The Morgan fingerprint density at radius 3 is 2.60 bits per heavy atom. The van der Waals surface area contributed by atoms with Crippen LogP contribution in [0.1, 0.15) is 31.7 Å². The van der Waals surface area contributed by atoms with E-state index in [1.54, 1.807) is 0 Å². The van der Waals surface area contributed by atoms with Crippen LogP contribution >= 0.6 is 11.8 Å². The Bertz CT molecular complexity index is 957. The molecule has 10 heteroatoms. The second kappa shape index (κ2) is 9.38. The number of aryl methyl sites for hydroxylation is 1. The summed E-state index contributed by atoms with van der Waals surface area (Å²) in [4.78, 5) is 28.1. The topological polar surface area (TPSA) is 109 Å². The van der Waals surface area contributed by atoms with Crippen molar-refractivity contribution in [3.63, 3.8) is 0 Å². The highest BCUT2D eigenvalue weighted by Crippen LogP contribution is 2.39. The molecule has 0 fully saturated rings. The fourth-order valence-corrected chi connectivity index (χ4v) is 3.98. The Morgan fingerprint density at radius 1 is 1.30 bits per heavy atom. The molecule has 2 aromatic rings. The van der Waals surface area contributed by atoms with E-state index < -0.39 is 4.92 Å². The number of nitrogens with zero attached hydrogens (tertiary/aromatic N) is 3. The molecular formula is C20H26N4O5S. The molecule has 162 valence electrons. The highest BCUT2D eigenvalue weighted by atomic mass is 32.2. The first-order chi connectivity index (χ1) is 14.3. The highest BCUT2D eigenvalue weighted by molar-refractivity contribution is 7.99. The van der Waals surface area contributed by atoms with E-state index in [1.807, 2.05) is 13.8 Å². The predicted octanol–water partition coefficient (Wildman–Crippen LogP) is 3.96. The molecule has 0 radical (unpaired) electrons. The summed E-state index contributed by atoms with van der Waals surface area (Å²) >= 11 is 1.31. The molecule has 0 atom stereocenters. The van der Waals surface area contributed by atoms with Gasteiger partial charge in [-0.2, -0.15) is 0 Å². The zero-order valence-electron chi connectivity index (χ0n) is 17.6. The molecule has 1 amide bonds. The lowest BCUT2D eigenvalue weighted by Crippen LogP contribution is -2.16. The van der Waals surface area contributed by atoms with Crippen LogP contribution < -0.4 is 14.8 Å². The van der Waals surface area contributed by atoms with Crippen LogP contribution in [0, 0.1) is 29.9 Å². The minimum Gasteiger partial charge on any atom is -0.489 e. The van der Waals surface area contributed by atoms with Crippen molar-refractivity contribution in [2.75, 3.05) is 24.3 Å². The number of benzene rings is 1. The first kappa shape index (κ1) is 21.9. The number of ether oxygens (including phenoxy) is 2. The number of aromatic nitrogens is 2. The molecule has 9 nitrogen and oxygen atoms in total. The van der Waals surface area contributed by atoms with E-state index in [-0.39, 0.29) is 23.0 Å². The van der Waals surface area contributed by atoms with E-state index in [0.717, 1.165) is 23.1 Å². The largest absolute Gasteiger partial charge is 0.489 e. The lowest BCUT2D eigenvalue weighted by atomic mass is 10.2. The summed E-state index contributed by atoms with van der Waals surface area (Å²) < 4.78 is 13.2. The van der Waals surface area contributed by atoms with Crippen LogP contribution in [0.3, 0.4) is 0 Å². The fraction of sp³-hybridized carbons (Fsp3) is 0.500. The maximum atomic E-state index is 12.6. The number of rotatable bonds is 7. The van der Waals surface area contributed by atoms with Crippen molar-refractivity contribution in [2.45, 2.75) is 45.8 Å². The first-order valence-electron chi connectivity index (χ1n) is 9.80. The van der Waals surface area contributed by atoms with Crippen LogP contribution in [-0.2, 0) is 11.3 Å². The molecule has 1 aromatic carbocycles. The number of hydrogen-bond donors (Lipinski definition) is 1. The molecule has 30 heavy (non-hydrogen) atoms. The molecule has 0 aliphatic carbocycles. The molecule has 3 rings (SSSR count). The number of fused-ring (bicyclic) bond motifs is 1. The summed E-state index contributed by atoms with van der Waals surface area (Å²) in [7, 11) is 0. The molecule has 0 bridgehead atoms. The number of carbonyl (C=O) groups is 1. The third-order valence-electron chi connectivity index (χ3n) is 4.64. The predicted molar refractivity (Wildman–Crippen MR) is 115 cm³/mol. The Balaban J connectivity index is 1.75. The average molecular weight is 435 g/mol. The van der Waals surface area contributed by atoms with Gasteiger partial charge in [0.1, 0.15) is 5.69 Å². The third kappa shape index (κ3) is 5.05. The van der Waals surface area contributed by atoms with E-state index in [2.05, 4.69) is 28.7 Å². The minimum absolute atomic E-state index is 0.0829. The number of carbonyl (C=O) groups excluding carboxylic acids is 1. The van der Waals surface area contributed by atoms with Crippen LogP contribution in [-0.4, -0.2) is 39.3 Å². The van der Waals surface area contributed by atoms with Gasteiger partial charge in [0.25, 0.3) is 5.69 Å². The standard InChI is InChI=1S/C20H26N4O5S/c1-12(2)10-23-14(4)13(3)21-20(23)30-11-19(25)22-15-8-17-18(9-16(15)24(26)27)29-7-5-6-28-17/h8-9,12H,5-7,10-11H2,1-4H3,(H,22,25). The Hall–Kier alpha value is -2.75. The van der Waals surface area contributed by atoms with Crippen LogP contribution in [0.15, 0.2) is 17.3 Å². The number of anilines is 1. The second-order valence-corrected chi connectivity index (χ2v) is 8.47. The monoisotopic (exact) mass is 434 g/mol. The normalized spacial score (nSPS) is 13.2. The van der Waals surface area contributed by atoms with Crippen LogP contribution in [0.5, 0.6) is 11.5 Å². The summed E-state index contributed by atoms with van der Waals surface area (Å²) in [5, 5.41) is 14.9. The number of amides is 1. The number of nitro groups is 1. The molecule has 1 aliphatic heterocycles. The molecule has 0 saturated carbocycles. The SMILES string of the molecule is Cc1nc(SCC(=O)Nc2cc3c(cc2[N+](=O)[O-])OCCCO3)n(CC(C)C)c1C. The van der Waals surface area contributed by atoms with Crippen LogP contribution in [0.4, 0.5) is 11.4 Å². The van der Waals surface area contributed by atoms with Gasteiger partial charge in [0, 0.05) is 24.7 Å². The fourth-order valence-electron chi connectivity index (χ4n) is 3.08. The van der Waals surface area contributed by atoms with Crippen molar-refractivity contribution in [1.82, 2.24) is 9.55 Å². The Kier molecular flexibility index (Phi) is 6.86. The smallest absolute Gasteiger partial charge is 0.296 e. The lowest BCUT2D eigenvalue weighted by Gasteiger charge is -2.13. The molecule has 2 heterocycles. The van der Waals surface area contributed by atoms with Gasteiger partial charge in [-0.25, -0.2) is 4.98 Å².